The molecule has 9 heteroatoms. The van der Waals surface area contributed by atoms with Crippen molar-refractivity contribution in [3.63, 3.8) is 0 Å². The molecule has 7 unspecified atom stereocenters. The number of carbonyl (C=O) groups is 1. The number of amides is 1. The van der Waals surface area contributed by atoms with Crippen molar-refractivity contribution in [3.05, 3.63) is 60.8 Å². The Morgan fingerprint density at radius 2 is 0.721 bits per heavy atom. The van der Waals surface area contributed by atoms with Crippen LogP contribution < -0.4 is 5.32 Å². The molecule has 86 heavy (non-hydrogen) atoms. The van der Waals surface area contributed by atoms with Crippen LogP contribution in [0.1, 0.15) is 367 Å². The fraction of sp³-hybridized carbons (Fsp3) is 0.857. The van der Waals surface area contributed by atoms with Crippen LogP contribution in [0.25, 0.3) is 0 Å². The number of aliphatic hydroxyl groups is 5. The van der Waals surface area contributed by atoms with Gasteiger partial charge in [0.2, 0.25) is 5.91 Å². The molecule has 0 saturated carbocycles. The lowest BCUT2D eigenvalue weighted by atomic mass is 9.99. The average Bonchev–Trinajstić information content (AvgIpc) is 3.65. The number of hydrogen-bond acceptors (Lipinski definition) is 8. The minimum atomic E-state index is -1.56. The Kier molecular flexibility index (Phi) is 62.7. The zero-order valence-corrected chi connectivity index (χ0v) is 56.6. The predicted molar refractivity (Wildman–Crippen MR) is 369 cm³/mol. The first-order chi connectivity index (χ1) is 42.3. The molecule has 6 N–H and O–H groups in total. The van der Waals surface area contributed by atoms with E-state index in [1.54, 1.807) is 0 Å². The number of aliphatic hydroxyl groups excluding tert-OH is 5. The Labute approximate surface area is 532 Å². The molecule has 1 aliphatic heterocycles. The Morgan fingerprint density at radius 1 is 0.407 bits per heavy atom. The van der Waals surface area contributed by atoms with Gasteiger partial charge >= 0.3 is 0 Å². The van der Waals surface area contributed by atoms with Gasteiger partial charge in [-0.3, -0.25) is 4.79 Å². The molecule has 1 amide bonds. The van der Waals surface area contributed by atoms with Gasteiger partial charge in [0.15, 0.2) is 6.29 Å². The summed E-state index contributed by atoms with van der Waals surface area (Å²) >= 11 is 0. The molecule has 0 radical (unpaired) electrons. The van der Waals surface area contributed by atoms with Crippen LogP contribution in [0.5, 0.6) is 0 Å². The highest BCUT2D eigenvalue weighted by atomic mass is 16.7. The van der Waals surface area contributed by atoms with Crippen LogP contribution in [0.3, 0.4) is 0 Å². The minimum absolute atomic E-state index is 0.135. The molecule has 1 fully saturated rings. The summed E-state index contributed by atoms with van der Waals surface area (Å²) < 4.78 is 11.4. The summed E-state index contributed by atoms with van der Waals surface area (Å²) in [6, 6.07) is -0.721. The van der Waals surface area contributed by atoms with Crippen molar-refractivity contribution in [2.45, 2.75) is 410 Å². The minimum Gasteiger partial charge on any atom is -0.394 e. The molecule has 0 aliphatic carbocycles. The molecule has 0 bridgehead atoms. The molecular formula is C77H143NO8. The summed E-state index contributed by atoms with van der Waals surface area (Å²) in [6.07, 6.45) is 84.5. The van der Waals surface area contributed by atoms with Crippen LogP contribution in [0.15, 0.2) is 60.8 Å². The van der Waals surface area contributed by atoms with Crippen LogP contribution in [-0.2, 0) is 14.3 Å². The van der Waals surface area contributed by atoms with Crippen molar-refractivity contribution < 1.29 is 39.8 Å². The highest BCUT2D eigenvalue weighted by Gasteiger charge is 2.44. The molecule has 1 saturated heterocycles. The first kappa shape index (κ1) is 81.9. The van der Waals surface area contributed by atoms with Gasteiger partial charge < -0.3 is 40.3 Å². The van der Waals surface area contributed by atoms with Gasteiger partial charge in [0.1, 0.15) is 24.4 Å². The highest BCUT2D eigenvalue weighted by molar-refractivity contribution is 5.76. The van der Waals surface area contributed by atoms with E-state index in [4.69, 9.17) is 9.47 Å². The molecule has 504 valence electrons. The lowest BCUT2D eigenvalue weighted by Crippen LogP contribution is -2.60. The van der Waals surface area contributed by atoms with Gasteiger partial charge in [0, 0.05) is 6.42 Å². The number of ether oxygens (including phenoxy) is 2. The third kappa shape index (κ3) is 53.7. The fourth-order valence-corrected chi connectivity index (χ4v) is 12.1. The quantitative estimate of drug-likeness (QED) is 0.0261. The highest BCUT2D eigenvalue weighted by Crippen LogP contribution is 2.24. The van der Waals surface area contributed by atoms with Gasteiger partial charge in [-0.2, -0.15) is 0 Å². The zero-order valence-electron chi connectivity index (χ0n) is 56.6. The fourth-order valence-electron chi connectivity index (χ4n) is 12.1. The summed E-state index contributed by atoms with van der Waals surface area (Å²) in [5, 5.41) is 55.0. The van der Waals surface area contributed by atoms with E-state index in [0.717, 1.165) is 70.6 Å². The number of rotatable bonds is 66. The van der Waals surface area contributed by atoms with Gasteiger partial charge in [0.25, 0.3) is 0 Å². The van der Waals surface area contributed by atoms with Crippen molar-refractivity contribution in [1.29, 1.82) is 0 Å². The lowest BCUT2D eigenvalue weighted by molar-refractivity contribution is -0.302. The molecule has 1 aliphatic rings. The Balaban J connectivity index is 2.08. The van der Waals surface area contributed by atoms with Crippen molar-refractivity contribution in [1.82, 2.24) is 5.32 Å². The summed E-state index contributed by atoms with van der Waals surface area (Å²) in [6.45, 7) is 3.78. The second-order valence-corrected chi connectivity index (χ2v) is 26.1. The Morgan fingerprint density at radius 3 is 1.07 bits per heavy atom. The van der Waals surface area contributed by atoms with E-state index < -0.39 is 49.5 Å². The average molecular weight is 1210 g/mol. The van der Waals surface area contributed by atoms with E-state index in [2.05, 4.69) is 79.9 Å². The second kappa shape index (κ2) is 65.8. The van der Waals surface area contributed by atoms with E-state index in [9.17, 15) is 30.3 Å². The van der Waals surface area contributed by atoms with Crippen LogP contribution in [-0.4, -0.2) is 87.5 Å². The number of nitrogens with one attached hydrogen (secondary N) is 1. The monoisotopic (exact) mass is 1210 g/mol. The normalized spacial score (nSPS) is 18.3. The summed E-state index contributed by atoms with van der Waals surface area (Å²) in [5.41, 5.74) is 0. The summed E-state index contributed by atoms with van der Waals surface area (Å²) in [5.74, 6) is -0.138. The number of hydrogen-bond donors (Lipinski definition) is 6. The molecule has 1 heterocycles. The van der Waals surface area contributed by atoms with Crippen molar-refractivity contribution in [3.8, 4) is 0 Å². The first-order valence-electron chi connectivity index (χ1n) is 37.5. The third-order valence-electron chi connectivity index (χ3n) is 17.9. The summed E-state index contributed by atoms with van der Waals surface area (Å²) in [4.78, 5) is 13.2. The standard InChI is InChI=1S/C77H143NO8/c1-3-5-7-9-11-13-15-17-19-21-23-25-27-29-31-33-34-35-36-37-38-39-41-43-45-47-49-51-53-55-57-59-61-63-65-67-73(81)78-70(69-85-77-76(84)75(83)74(82)72(68-79)86-77)71(80)66-64-62-60-58-56-54-52-50-48-46-44-42-40-32-30-28-26-24-22-20-18-16-14-12-10-8-6-4-2/h5,7,11,13,17,19,23,25,29,31,70-72,74-77,79-80,82-84H,3-4,6,8-10,12,14-16,18,20-22,24,26-28,30,32-69H2,1-2H3,(H,78,81)/b7-5-,13-11-,19-17-,25-23-,31-29-. The molecule has 9 nitrogen and oxygen atoms in total. The molecule has 0 spiro atoms. The third-order valence-corrected chi connectivity index (χ3v) is 17.9. The van der Waals surface area contributed by atoms with Gasteiger partial charge in [0.05, 0.1) is 25.4 Å². The van der Waals surface area contributed by atoms with Crippen LogP contribution in [0, 0.1) is 0 Å². The van der Waals surface area contributed by atoms with Gasteiger partial charge in [-0.1, -0.05) is 364 Å². The smallest absolute Gasteiger partial charge is 0.220 e. The van der Waals surface area contributed by atoms with E-state index in [1.807, 2.05) is 0 Å². The van der Waals surface area contributed by atoms with E-state index in [1.165, 1.54) is 270 Å². The molecule has 1 rings (SSSR count). The number of allylic oxidation sites excluding steroid dienone is 10. The molecule has 0 aromatic rings. The largest absolute Gasteiger partial charge is 0.394 e. The van der Waals surface area contributed by atoms with Gasteiger partial charge in [-0.25, -0.2) is 0 Å². The maximum atomic E-state index is 13.2. The molecular weight excluding hydrogens is 1070 g/mol. The topological polar surface area (TPSA) is 149 Å². The van der Waals surface area contributed by atoms with Crippen LogP contribution in [0.2, 0.25) is 0 Å². The van der Waals surface area contributed by atoms with E-state index in [-0.39, 0.29) is 12.5 Å². The van der Waals surface area contributed by atoms with E-state index in [0.29, 0.717) is 12.8 Å². The van der Waals surface area contributed by atoms with Crippen molar-refractivity contribution in [2.75, 3.05) is 13.2 Å². The van der Waals surface area contributed by atoms with Crippen molar-refractivity contribution in [2.24, 2.45) is 0 Å². The zero-order chi connectivity index (χ0) is 62.1. The number of carbonyl (C=O) groups excluding carboxylic acids is 1. The first-order valence-corrected chi connectivity index (χ1v) is 37.5. The maximum Gasteiger partial charge on any atom is 0.220 e. The van der Waals surface area contributed by atoms with Crippen LogP contribution >= 0.6 is 0 Å². The second-order valence-electron chi connectivity index (χ2n) is 26.1. The molecule has 7 atom stereocenters. The Hall–Kier alpha value is -2.11. The van der Waals surface area contributed by atoms with Gasteiger partial charge in [-0.15, -0.1) is 0 Å². The lowest BCUT2D eigenvalue weighted by Gasteiger charge is -2.40. The summed E-state index contributed by atoms with van der Waals surface area (Å²) in [7, 11) is 0. The van der Waals surface area contributed by atoms with Gasteiger partial charge in [-0.05, 0) is 57.8 Å². The van der Waals surface area contributed by atoms with Crippen molar-refractivity contribution >= 4 is 5.91 Å². The Bertz CT molecular complexity index is 1540. The predicted octanol–water partition coefficient (Wildman–Crippen LogP) is 20.9. The maximum absolute atomic E-state index is 13.2. The molecule has 0 aromatic heterocycles. The SMILES string of the molecule is CC/C=C\C/C=C\C/C=C\C/C=C\C/C=C\CCCCCCCCCCCCCCCCCCCCCC(=O)NC(COC1OC(CO)C(O)C(O)C1O)C(O)CCCCCCCCCCCCCCCCCCCCCCCCCCCCCC. The van der Waals surface area contributed by atoms with E-state index >= 15 is 0 Å². The van der Waals surface area contributed by atoms with Crippen LogP contribution in [0.4, 0.5) is 0 Å². The number of unbranched alkanes of at least 4 members (excludes halogenated alkanes) is 46. The molecule has 0 aromatic carbocycles.